The van der Waals surface area contributed by atoms with Crippen molar-refractivity contribution in [1.29, 1.82) is 0 Å². The number of aromatic nitrogens is 2. The van der Waals surface area contributed by atoms with Crippen molar-refractivity contribution in [1.82, 2.24) is 14.9 Å². The Hall–Kier alpha value is -2.18. The lowest BCUT2D eigenvalue weighted by molar-refractivity contribution is -0.133. The highest BCUT2D eigenvalue weighted by molar-refractivity contribution is 6.01. The average Bonchev–Trinajstić information content (AvgIpc) is 2.33. The first-order valence-corrected chi connectivity index (χ1v) is 6.47. The van der Waals surface area contributed by atoms with Crippen LogP contribution in [0.3, 0.4) is 0 Å². The number of hydrogen-bond acceptors (Lipinski definition) is 5. The first-order valence-electron chi connectivity index (χ1n) is 6.47. The van der Waals surface area contributed by atoms with E-state index in [1.54, 1.807) is 10.8 Å². The second kappa shape index (κ2) is 5.07. The number of nitrogens with one attached hydrogen (secondary N) is 2. The van der Waals surface area contributed by atoms with Gasteiger partial charge in [-0.2, -0.15) is 0 Å². The highest BCUT2D eigenvalue weighted by atomic mass is 16.2. The normalized spacial score (nSPS) is 19.6. The maximum Gasteiger partial charge on any atom is 0.293 e. The summed E-state index contributed by atoms with van der Waals surface area (Å²) in [6.45, 7) is 5.72. The number of anilines is 1. The standard InChI is InChI=1S/C13H18N4O3/c1-13(2,3)17-7-6-14-10(12(17)20)15-8-4-5-9(18)16-11(8)19/h6-8H,4-5H2,1-3H3,(H,14,15)(H,16,18,19). The second-order valence-corrected chi connectivity index (χ2v) is 5.77. The SMILES string of the molecule is CC(C)(C)n1ccnc(NC2CCC(=O)NC2=O)c1=O. The Bertz CT molecular complexity index is 600. The van der Waals surface area contributed by atoms with E-state index in [4.69, 9.17) is 0 Å². The Morgan fingerprint density at radius 3 is 2.65 bits per heavy atom. The molecule has 2 heterocycles. The summed E-state index contributed by atoms with van der Waals surface area (Å²) < 4.78 is 1.55. The third kappa shape index (κ3) is 2.87. The Balaban J connectivity index is 2.25. The minimum Gasteiger partial charge on any atom is -0.354 e. The number of amides is 2. The summed E-state index contributed by atoms with van der Waals surface area (Å²) in [5.41, 5.74) is -0.661. The molecule has 0 aliphatic carbocycles. The summed E-state index contributed by atoms with van der Waals surface area (Å²) in [4.78, 5) is 39.0. The molecule has 1 fully saturated rings. The van der Waals surface area contributed by atoms with Gasteiger partial charge in [-0.3, -0.25) is 19.7 Å². The summed E-state index contributed by atoms with van der Waals surface area (Å²) in [6.07, 6.45) is 3.73. The lowest BCUT2D eigenvalue weighted by Crippen LogP contribution is -2.48. The van der Waals surface area contributed by atoms with Crippen molar-refractivity contribution in [2.24, 2.45) is 0 Å². The Morgan fingerprint density at radius 1 is 1.35 bits per heavy atom. The molecule has 0 saturated carbocycles. The molecule has 7 nitrogen and oxygen atoms in total. The van der Waals surface area contributed by atoms with E-state index in [1.165, 1.54) is 6.20 Å². The van der Waals surface area contributed by atoms with Crippen LogP contribution in [0.4, 0.5) is 5.82 Å². The number of nitrogens with zero attached hydrogens (tertiary/aromatic N) is 2. The monoisotopic (exact) mass is 278 g/mol. The summed E-state index contributed by atoms with van der Waals surface area (Å²) in [5, 5.41) is 5.06. The maximum atomic E-state index is 12.3. The molecule has 108 valence electrons. The number of imide groups is 1. The van der Waals surface area contributed by atoms with Crippen molar-refractivity contribution >= 4 is 17.6 Å². The third-order valence-corrected chi connectivity index (χ3v) is 3.11. The van der Waals surface area contributed by atoms with Crippen LogP contribution < -0.4 is 16.2 Å². The van der Waals surface area contributed by atoms with Crippen molar-refractivity contribution in [2.45, 2.75) is 45.2 Å². The van der Waals surface area contributed by atoms with Gasteiger partial charge in [-0.1, -0.05) is 0 Å². The van der Waals surface area contributed by atoms with Crippen LogP contribution in [-0.4, -0.2) is 27.4 Å². The van der Waals surface area contributed by atoms with E-state index in [0.29, 0.717) is 6.42 Å². The van der Waals surface area contributed by atoms with Crippen molar-refractivity contribution in [3.8, 4) is 0 Å². The lowest BCUT2D eigenvalue weighted by atomic mass is 10.1. The van der Waals surface area contributed by atoms with Gasteiger partial charge in [-0.25, -0.2) is 4.98 Å². The number of carbonyl (C=O) groups excluding carboxylic acids is 2. The molecule has 1 atom stereocenters. The topological polar surface area (TPSA) is 93.1 Å². The predicted molar refractivity (Wildman–Crippen MR) is 73.3 cm³/mol. The van der Waals surface area contributed by atoms with E-state index in [9.17, 15) is 14.4 Å². The minimum atomic E-state index is -0.608. The average molecular weight is 278 g/mol. The van der Waals surface area contributed by atoms with Gasteiger partial charge in [0.2, 0.25) is 11.8 Å². The Labute approximate surface area is 116 Å². The molecule has 1 aliphatic rings. The molecular weight excluding hydrogens is 260 g/mol. The molecule has 0 radical (unpaired) electrons. The van der Waals surface area contributed by atoms with Crippen LogP contribution in [0.5, 0.6) is 0 Å². The molecule has 1 unspecified atom stereocenters. The van der Waals surface area contributed by atoms with E-state index < -0.39 is 11.9 Å². The van der Waals surface area contributed by atoms with Gasteiger partial charge in [0.1, 0.15) is 6.04 Å². The summed E-state index contributed by atoms with van der Waals surface area (Å²) in [5.74, 6) is -0.591. The van der Waals surface area contributed by atoms with Gasteiger partial charge in [0.25, 0.3) is 5.56 Å². The van der Waals surface area contributed by atoms with E-state index in [-0.39, 0.29) is 29.2 Å². The molecule has 2 rings (SSSR count). The molecule has 0 spiro atoms. The molecule has 7 heteroatoms. The highest BCUT2D eigenvalue weighted by Crippen LogP contribution is 2.12. The van der Waals surface area contributed by atoms with Crippen molar-refractivity contribution in [2.75, 3.05) is 5.32 Å². The van der Waals surface area contributed by atoms with Gasteiger partial charge in [-0.15, -0.1) is 0 Å². The van der Waals surface area contributed by atoms with Crippen LogP contribution in [0.15, 0.2) is 17.2 Å². The summed E-state index contributed by atoms with van der Waals surface area (Å²) in [7, 11) is 0. The molecule has 2 N–H and O–H groups in total. The van der Waals surface area contributed by atoms with Crippen molar-refractivity contribution in [3.63, 3.8) is 0 Å². The second-order valence-electron chi connectivity index (χ2n) is 5.77. The van der Waals surface area contributed by atoms with Gasteiger partial charge in [0.15, 0.2) is 5.82 Å². The number of carbonyl (C=O) groups is 2. The smallest absolute Gasteiger partial charge is 0.293 e. The lowest BCUT2D eigenvalue weighted by Gasteiger charge is -2.25. The van der Waals surface area contributed by atoms with Crippen LogP contribution in [0.2, 0.25) is 0 Å². The molecule has 0 aromatic carbocycles. The zero-order valence-electron chi connectivity index (χ0n) is 11.8. The van der Waals surface area contributed by atoms with Crippen LogP contribution in [0.1, 0.15) is 33.6 Å². The zero-order chi connectivity index (χ0) is 14.9. The molecule has 2 amide bonds. The van der Waals surface area contributed by atoms with E-state index >= 15 is 0 Å². The molecular formula is C13H18N4O3. The van der Waals surface area contributed by atoms with E-state index in [0.717, 1.165) is 0 Å². The van der Waals surface area contributed by atoms with Crippen LogP contribution in [-0.2, 0) is 15.1 Å². The fraction of sp³-hybridized carbons (Fsp3) is 0.538. The molecule has 1 aliphatic heterocycles. The van der Waals surface area contributed by atoms with Crippen LogP contribution in [0, 0.1) is 0 Å². The molecule has 0 bridgehead atoms. The van der Waals surface area contributed by atoms with Gasteiger partial charge in [-0.05, 0) is 27.2 Å². The first kappa shape index (κ1) is 14.2. The molecule has 1 saturated heterocycles. The fourth-order valence-electron chi connectivity index (χ4n) is 2.04. The fourth-order valence-corrected chi connectivity index (χ4v) is 2.04. The molecule has 1 aromatic rings. The van der Waals surface area contributed by atoms with Gasteiger partial charge in [0.05, 0.1) is 0 Å². The Kier molecular flexibility index (Phi) is 3.61. The Morgan fingerprint density at radius 2 is 2.05 bits per heavy atom. The third-order valence-electron chi connectivity index (χ3n) is 3.11. The summed E-state index contributed by atoms with van der Waals surface area (Å²) >= 11 is 0. The quantitative estimate of drug-likeness (QED) is 0.755. The number of hydrogen-bond donors (Lipinski definition) is 2. The van der Waals surface area contributed by atoms with E-state index in [1.807, 2.05) is 20.8 Å². The first-order chi connectivity index (χ1) is 9.29. The van der Waals surface area contributed by atoms with Gasteiger partial charge in [0, 0.05) is 24.4 Å². The van der Waals surface area contributed by atoms with Crippen molar-refractivity contribution in [3.05, 3.63) is 22.7 Å². The van der Waals surface area contributed by atoms with Gasteiger partial charge >= 0.3 is 0 Å². The minimum absolute atomic E-state index is 0.122. The van der Waals surface area contributed by atoms with Crippen molar-refractivity contribution < 1.29 is 9.59 Å². The molecule has 1 aromatic heterocycles. The largest absolute Gasteiger partial charge is 0.354 e. The van der Waals surface area contributed by atoms with Crippen LogP contribution >= 0.6 is 0 Å². The maximum absolute atomic E-state index is 12.3. The summed E-state index contributed by atoms with van der Waals surface area (Å²) in [6, 6.07) is -0.608. The highest BCUT2D eigenvalue weighted by Gasteiger charge is 2.28. The number of piperidine rings is 1. The molecule has 20 heavy (non-hydrogen) atoms. The predicted octanol–water partition coefficient (Wildman–Crippen LogP) is 0.215. The van der Waals surface area contributed by atoms with Gasteiger partial charge < -0.3 is 9.88 Å². The number of rotatable bonds is 2. The van der Waals surface area contributed by atoms with Crippen LogP contribution in [0.25, 0.3) is 0 Å². The van der Waals surface area contributed by atoms with E-state index in [2.05, 4.69) is 15.6 Å². The zero-order valence-corrected chi connectivity index (χ0v) is 11.8.